The van der Waals surface area contributed by atoms with Crippen molar-refractivity contribution in [3.63, 3.8) is 0 Å². The van der Waals surface area contributed by atoms with E-state index in [1.54, 1.807) is 0 Å². The third-order valence-corrected chi connectivity index (χ3v) is 0. The molecule has 0 aliphatic rings. The average Bonchev–Trinajstić information content (AvgIpc) is 1.00. The molecule has 0 rings (SSSR count). The number of rotatable bonds is 0. The van der Waals surface area contributed by atoms with Crippen LogP contribution in [0.3, 0.4) is 0 Å². The van der Waals surface area contributed by atoms with Crippen LogP contribution in [-0.4, -0.2) is 28.7 Å². The first-order valence-corrected chi connectivity index (χ1v) is 1.00. The fraction of sp³-hybridized carbons (Fsp3) is 1.00. The summed E-state index contributed by atoms with van der Waals surface area (Å²) in [6.45, 7) is 0. The van der Waals surface area contributed by atoms with Gasteiger partial charge in [-0.05, 0) is 0 Å². The summed E-state index contributed by atoms with van der Waals surface area (Å²) in [5, 5.41) is 0. The number of hydrogen-bond donors (Lipinski definition) is 0. The fourth-order valence-electron chi connectivity index (χ4n) is 0. The molecule has 0 fully saturated rings. The first-order chi connectivity index (χ1) is 1.00. The van der Waals surface area contributed by atoms with Crippen molar-refractivity contribution in [1.82, 2.24) is 0 Å². The van der Waals surface area contributed by atoms with Crippen LogP contribution in [0.5, 0.6) is 0 Å². The Morgan fingerprint density at radius 1 is 1.00 bits per heavy atom. The molecule has 24 valence electrons. The summed E-state index contributed by atoms with van der Waals surface area (Å²) in [7, 11) is 0. The molecule has 0 aromatic heterocycles. The van der Waals surface area contributed by atoms with Crippen LogP contribution in [0.2, 0.25) is 5.60 Å². The van der Waals surface area contributed by atoms with Gasteiger partial charge in [-0.25, -0.2) is 0 Å². The third-order valence-electron chi connectivity index (χ3n) is 0. The summed E-state index contributed by atoms with van der Waals surface area (Å²) >= 11 is 2.00. The van der Waals surface area contributed by atoms with E-state index in [2.05, 4.69) is 0 Å². The van der Waals surface area contributed by atoms with Crippen molar-refractivity contribution >= 4 is 17.7 Å². The molecule has 4 N–H and O–H groups in total. The summed E-state index contributed by atoms with van der Waals surface area (Å²) in [6, 6.07) is 0. The Labute approximate surface area is 35.0 Å². The van der Waals surface area contributed by atoms with Gasteiger partial charge in [0.2, 0.25) is 0 Å². The summed E-state index contributed by atoms with van der Waals surface area (Å²) in [5.74, 6) is 0. The molecule has 0 saturated carbocycles. The second-order valence-electron chi connectivity index (χ2n) is 0. The fourth-order valence-corrected chi connectivity index (χ4v) is 0. The maximum atomic E-state index is 2.00. The Morgan fingerprint density at radius 2 is 1.00 bits per heavy atom. The molecule has 0 heterocycles. The van der Waals surface area contributed by atoms with Crippen LogP contribution in [-0.2, 0) is 0 Å². The van der Waals surface area contributed by atoms with Gasteiger partial charge >= 0.3 is 23.3 Å². The van der Waals surface area contributed by atoms with Gasteiger partial charge in [0.1, 0.15) is 0 Å². The molecule has 0 aliphatic carbocycles. The van der Waals surface area contributed by atoms with Crippen LogP contribution < -0.4 is 0 Å². The van der Waals surface area contributed by atoms with Crippen LogP contribution in [0, 0.1) is 0 Å². The molecule has 0 aromatic carbocycles. The van der Waals surface area contributed by atoms with Crippen LogP contribution in [0.25, 0.3) is 0 Å². The minimum absolute atomic E-state index is 0. The SMILES string of the molecule is O.O.[Li][CH3]. The Hall–Kier alpha value is 0.517. The normalized spacial score (nSPS) is 1.75. The summed E-state index contributed by atoms with van der Waals surface area (Å²) in [4.78, 5) is 0. The van der Waals surface area contributed by atoms with Crippen molar-refractivity contribution in [2.24, 2.45) is 0 Å². The predicted molar refractivity (Wildman–Crippen MR) is 18.8 cm³/mol. The molecule has 0 unspecified atom stereocenters. The molecule has 0 aliphatic heterocycles. The van der Waals surface area contributed by atoms with Gasteiger partial charge in [-0.2, -0.15) is 0 Å². The van der Waals surface area contributed by atoms with E-state index < -0.39 is 0 Å². The molecule has 0 radical (unpaired) electrons. The Morgan fingerprint density at radius 3 is 1.00 bits per heavy atom. The predicted octanol–water partition coefficient (Wildman–Crippen LogP) is -1.45. The summed E-state index contributed by atoms with van der Waals surface area (Å²) in [5.41, 5.74) is 2.00. The molecular formula is CH7LiO2. The number of hydrogen-bond acceptors (Lipinski definition) is 0. The summed E-state index contributed by atoms with van der Waals surface area (Å²) in [6.07, 6.45) is 0. The Bertz CT molecular complexity index is 6.00. The first-order valence-electron chi connectivity index (χ1n) is 1.00. The first kappa shape index (κ1) is 24.3. The molecule has 0 bridgehead atoms. The molecule has 4 heavy (non-hydrogen) atoms. The van der Waals surface area contributed by atoms with E-state index in [0.717, 1.165) is 0 Å². The molecule has 0 saturated heterocycles. The van der Waals surface area contributed by atoms with Crippen molar-refractivity contribution in [2.45, 2.75) is 5.60 Å². The van der Waals surface area contributed by atoms with E-state index in [-0.39, 0.29) is 11.0 Å². The van der Waals surface area contributed by atoms with Gasteiger partial charge in [0.15, 0.2) is 0 Å². The zero-order valence-electron chi connectivity index (χ0n) is 3.00. The standard InChI is InChI=1S/CH3.Li.2H2O/h1H3;;2*1H2. The zero-order chi connectivity index (χ0) is 2.00. The van der Waals surface area contributed by atoms with Crippen molar-refractivity contribution in [2.75, 3.05) is 0 Å². The molecular weight excluding hydrogens is 51.0 g/mol. The molecule has 0 atom stereocenters. The molecule has 2 nitrogen and oxygen atoms in total. The zero-order valence-corrected chi connectivity index (χ0v) is 3.00. The van der Waals surface area contributed by atoms with Gasteiger partial charge in [0.25, 0.3) is 0 Å². The van der Waals surface area contributed by atoms with Gasteiger partial charge in [0.05, 0.1) is 0 Å². The Kier molecular flexibility index (Phi) is 505. The maximum absolute atomic E-state index is 2.00. The van der Waals surface area contributed by atoms with Crippen molar-refractivity contribution in [1.29, 1.82) is 0 Å². The van der Waals surface area contributed by atoms with E-state index in [4.69, 9.17) is 0 Å². The van der Waals surface area contributed by atoms with Crippen LogP contribution in [0.15, 0.2) is 0 Å². The van der Waals surface area contributed by atoms with Crippen molar-refractivity contribution in [3.05, 3.63) is 0 Å². The second-order valence-corrected chi connectivity index (χ2v) is 0. The van der Waals surface area contributed by atoms with Gasteiger partial charge < -0.3 is 11.0 Å². The third kappa shape index (κ3) is 21.7. The topological polar surface area (TPSA) is 63.0 Å². The van der Waals surface area contributed by atoms with E-state index in [0.29, 0.717) is 0 Å². The second kappa shape index (κ2) is 83.3. The van der Waals surface area contributed by atoms with E-state index in [9.17, 15) is 0 Å². The van der Waals surface area contributed by atoms with Gasteiger partial charge in [-0.1, -0.05) is 0 Å². The molecule has 0 amide bonds. The van der Waals surface area contributed by atoms with E-state index in [1.807, 2.05) is 23.3 Å². The molecule has 0 aromatic rings. The van der Waals surface area contributed by atoms with E-state index >= 15 is 0 Å². The van der Waals surface area contributed by atoms with Gasteiger partial charge in [0, 0.05) is 0 Å². The summed E-state index contributed by atoms with van der Waals surface area (Å²) < 4.78 is 0. The Balaban J connectivity index is -0.00000000500. The average molecular weight is 58.0 g/mol. The quantitative estimate of drug-likeness (QED) is 0.306. The van der Waals surface area contributed by atoms with Gasteiger partial charge in [-0.3, -0.25) is 0 Å². The molecule has 0 spiro atoms. The van der Waals surface area contributed by atoms with Gasteiger partial charge in [-0.15, -0.1) is 0 Å². The van der Waals surface area contributed by atoms with Crippen LogP contribution >= 0.6 is 0 Å². The monoisotopic (exact) mass is 58.1 g/mol. The minimum atomic E-state index is 0. The molecule has 3 heteroatoms. The van der Waals surface area contributed by atoms with Crippen molar-refractivity contribution < 1.29 is 11.0 Å². The van der Waals surface area contributed by atoms with Crippen LogP contribution in [0.4, 0.5) is 0 Å². The van der Waals surface area contributed by atoms with Crippen LogP contribution in [0.1, 0.15) is 0 Å². The van der Waals surface area contributed by atoms with E-state index in [1.165, 1.54) is 0 Å². The van der Waals surface area contributed by atoms with Crippen molar-refractivity contribution in [3.8, 4) is 0 Å².